The van der Waals surface area contributed by atoms with Gasteiger partial charge >= 0.3 is 0 Å². The molecule has 0 bridgehead atoms. The molecule has 100 valence electrons. The second-order valence-electron chi connectivity index (χ2n) is 4.37. The first-order valence-electron chi connectivity index (χ1n) is 6.18. The number of carbonyl (C=O) groups excluding carboxylic acids is 1. The highest BCUT2D eigenvalue weighted by Crippen LogP contribution is 2.07. The molecule has 1 aromatic rings. The minimum atomic E-state index is -0.0349. The molecule has 0 radical (unpaired) electrons. The minimum Gasteiger partial charge on any atom is -0.370 e. The average molecular weight is 251 g/mol. The predicted molar refractivity (Wildman–Crippen MR) is 72.5 cm³/mol. The van der Waals surface area contributed by atoms with E-state index in [9.17, 15) is 4.79 Å². The molecular weight excluding hydrogens is 230 g/mol. The van der Waals surface area contributed by atoms with E-state index in [0.29, 0.717) is 18.3 Å². The second kappa shape index (κ2) is 7.47. The lowest BCUT2D eigenvalue weighted by atomic mass is 10.2. The van der Waals surface area contributed by atoms with Crippen molar-refractivity contribution < 1.29 is 4.79 Å². The van der Waals surface area contributed by atoms with Crippen molar-refractivity contribution >= 4 is 17.5 Å². The highest BCUT2D eigenvalue weighted by atomic mass is 16.1. The Morgan fingerprint density at radius 1 is 1.28 bits per heavy atom. The monoisotopic (exact) mass is 251 g/mol. The molecule has 0 aliphatic rings. The van der Waals surface area contributed by atoms with Crippen molar-refractivity contribution in [2.24, 2.45) is 5.92 Å². The molecule has 6 nitrogen and oxygen atoms in total. The van der Waals surface area contributed by atoms with Crippen LogP contribution in [0.2, 0.25) is 0 Å². The molecule has 3 N–H and O–H groups in total. The fourth-order valence-corrected chi connectivity index (χ4v) is 1.28. The van der Waals surface area contributed by atoms with E-state index in [1.165, 1.54) is 6.33 Å². The topological polar surface area (TPSA) is 78.9 Å². The quantitative estimate of drug-likeness (QED) is 0.676. The van der Waals surface area contributed by atoms with Crippen molar-refractivity contribution in [2.75, 3.05) is 30.3 Å². The van der Waals surface area contributed by atoms with Crippen LogP contribution in [0.5, 0.6) is 0 Å². The first kappa shape index (κ1) is 14.2. The molecule has 1 rings (SSSR count). The van der Waals surface area contributed by atoms with Gasteiger partial charge in [0, 0.05) is 19.2 Å². The molecular formula is C12H21N5O. The zero-order chi connectivity index (χ0) is 13.4. The fourth-order valence-electron chi connectivity index (χ4n) is 1.28. The molecule has 1 heterocycles. The van der Waals surface area contributed by atoms with Gasteiger partial charge in [0.25, 0.3) is 0 Å². The summed E-state index contributed by atoms with van der Waals surface area (Å²) in [4.78, 5) is 19.6. The molecule has 1 aromatic heterocycles. The maximum atomic E-state index is 11.5. The summed E-state index contributed by atoms with van der Waals surface area (Å²) >= 11 is 0. The fraction of sp³-hybridized carbons (Fsp3) is 0.583. The Morgan fingerprint density at radius 2 is 1.94 bits per heavy atom. The van der Waals surface area contributed by atoms with E-state index in [2.05, 4.69) is 39.8 Å². The van der Waals surface area contributed by atoms with E-state index in [1.54, 1.807) is 6.07 Å². The van der Waals surface area contributed by atoms with Gasteiger partial charge in [-0.05, 0) is 12.8 Å². The van der Waals surface area contributed by atoms with Crippen molar-refractivity contribution in [3.63, 3.8) is 0 Å². The van der Waals surface area contributed by atoms with Crippen LogP contribution in [-0.2, 0) is 4.79 Å². The summed E-state index contributed by atoms with van der Waals surface area (Å²) in [6, 6.07) is 1.78. The number of anilines is 2. The Bertz CT molecular complexity index is 380. The van der Waals surface area contributed by atoms with Crippen LogP contribution in [0.25, 0.3) is 0 Å². The van der Waals surface area contributed by atoms with Crippen LogP contribution in [-0.4, -0.2) is 35.5 Å². The SMILES string of the molecule is CCNc1cc(NCC(=O)NCC(C)C)ncn1. The van der Waals surface area contributed by atoms with Crippen LogP contribution in [0, 0.1) is 5.92 Å². The standard InChI is InChI=1S/C12H21N5O/c1-4-13-10-5-11(17-8-16-10)14-7-12(18)15-6-9(2)3/h5,8-9H,4,6-7H2,1-3H3,(H,15,18)(H2,13,14,16,17). The Morgan fingerprint density at radius 3 is 2.56 bits per heavy atom. The lowest BCUT2D eigenvalue weighted by Crippen LogP contribution is -2.32. The molecule has 0 fully saturated rings. The summed E-state index contributed by atoms with van der Waals surface area (Å²) in [6.45, 7) is 7.81. The molecule has 6 heteroatoms. The third kappa shape index (κ3) is 5.47. The Labute approximate surface area is 108 Å². The van der Waals surface area contributed by atoms with Crippen LogP contribution in [0.1, 0.15) is 20.8 Å². The Balaban J connectivity index is 2.38. The number of amides is 1. The Hall–Kier alpha value is -1.85. The van der Waals surface area contributed by atoms with E-state index in [1.807, 2.05) is 6.92 Å². The van der Waals surface area contributed by atoms with E-state index in [4.69, 9.17) is 0 Å². The van der Waals surface area contributed by atoms with E-state index < -0.39 is 0 Å². The van der Waals surface area contributed by atoms with E-state index in [0.717, 1.165) is 12.4 Å². The van der Waals surface area contributed by atoms with Gasteiger partial charge in [0.15, 0.2) is 0 Å². The maximum Gasteiger partial charge on any atom is 0.239 e. The Kier molecular flexibility index (Phi) is 5.90. The highest BCUT2D eigenvalue weighted by Gasteiger charge is 2.03. The summed E-state index contributed by atoms with van der Waals surface area (Å²) in [5.74, 6) is 1.80. The zero-order valence-corrected chi connectivity index (χ0v) is 11.2. The average Bonchev–Trinajstić information content (AvgIpc) is 2.35. The van der Waals surface area contributed by atoms with Gasteiger partial charge in [0.2, 0.25) is 5.91 Å². The summed E-state index contributed by atoms with van der Waals surface area (Å²) < 4.78 is 0. The molecule has 0 saturated carbocycles. The molecule has 1 amide bonds. The van der Waals surface area contributed by atoms with E-state index in [-0.39, 0.29) is 12.5 Å². The third-order valence-corrected chi connectivity index (χ3v) is 2.16. The van der Waals surface area contributed by atoms with Crippen LogP contribution in [0.15, 0.2) is 12.4 Å². The molecule has 0 aromatic carbocycles. The lowest BCUT2D eigenvalue weighted by Gasteiger charge is -2.09. The number of hydrogen-bond donors (Lipinski definition) is 3. The lowest BCUT2D eigenvalue weighted by molar-refractivity contribution is -0.119. The van der Waals surface area contributed by atoms with Crippen LogP contribution in [0.4, 0.5) is 11.6 Å². The van der Waals surface area contributed by atoms with Gasteiger partial charge < -0.3 is 16.0 Å². The molecule has 0 unspecified atom stereocenters. The molecule has 18 heavy (non-hydrogen) atoms. The number of nitrogens with one attached hydrogen (secondary N) is 3. The van der Waals surface area contributed by atoms with Crippen LogP contribution in [0.3, 0.4) is 0 Å². The summed E-state index contributed by atoms with van der Waals surface area (Å²) in [5.41, 5.74) is 0. The summed E-state index contributed by atoms with van der Waals surface area (Å²) in [7, 11) is 0. The summed E-state index contributed by atoms with van der Waals surface area (Å²) in [6.07, 6.45) is 1.46. The van der Waals surface area contributed by atoms with Crippen molar-refractivity contribution in [1.82, 2.24) is 15.3 Å². The van der Waals surface area contributed by atoms with Crippen molar-refractivity contribution in [2.45, 2.75) is 20.8 Å². The molecule has 0 aliphatic carbocycles. The molecule has 0 saturated heterocycles. The smallest absolute Gasteiger partial charge is 0.239 e. The van der Waals surface area contributed by atoms with Gasteiger partial charge in [0.1, 0.15) is 18.0 Å². The van der Waals surface area contributed by atoms with Crippen molar-refractivity contribution in [3.8, 4) is 0 Å². The first-order chi connectivity index (χ1) is 8.61. The first-order valence-corrected chi connectivity index (χ1v) is 6.18. The predicted octanol–water partition coefficient (Wildman–Crippen LogP) is 1.09. The van der Waals surface area contributed by atoms with Gasteiger partial charge in [-0.1, -0.05) is 13.8 Å². The second-order valence-corrected chi connectivity index (χ2v) is 4.37. The van der Waals surface area contributed by atoms with Gasteiger partial charge in [0.05, 0.1) is 6.54 Å². The molecule has 0 aliphatic heterocycles. The number of aromatic nitrogens is 2. The number of rotatable bonds is 7. The van der Waals surface area contributed by atoms with Gasteiger partial charge in [-0.2, -0.15) is 0 Å². The maximum absolute atomic E-state index is 11.5. The van der Waals surface area contributed by atoms with Crippen molar-refractivity contribution in [1.29, 1.82) is 0 Å². The number of carbonyl (C=O) groups is 1. The third-order valence-electron chi connectivity index (χ3n) is 2.16. The number of hydrogen-bond acceptors (Lipinski definition) is 5. The molecule has 0 spiro atoms. The highest BCUT2D eigenvalue weighted by molar-refractivity contribution is 5.80. The summed E-state index contributed by atoms with van der Waals surface area (Å²) in [5, 5.41) is 8.88. The van der Waals surface area contributed by atoms with Crippen LogP contribution < -0.4 is 16.0 Å². The number of nitrogens with zero attached hydrogens (tertiary/aromatic N) is 2. The normalized spacial score (nSPS) is 10.2. The molecule has 0 atom stereocenters. The van der Waals surface area contributed by atoms with Crippen molar-refractivity contribution in [3.05, 3.63) is 12.4 Å². The zero-order valence-electron chi connectivity index (χ0n) is 11.2. The minimum absolute atomic E-state index is 0.0349. The van der Waals surface area contributed by atoms with Gasteiger partial charge in [-0.3, -0.25) is 4.79 Å². The largest absolute Gasteiger partial charge is 0.370 e. The van der Waals surface area contributed by atoms with E-state index >= 15 is 0 Å². The van der Waals surface area contributed by atoms with Gasteiger partial charge in [-0.25, -0.2) is 9.97 Å². The van der Waals surface area contributed by atoms with Gasteiger partial charge in [-0.15, -0.1) is 0 Å². The van der Waals surface area contributed by atoms with Crippen LogP contribution >= 0.6 is 0 Å².